The molecule has 0 radical (unpaired) electrons. The van der Waals surface area contributed by atoms with Crippen molar-refractivity contribution in [3.8, 4) is 0 Å². The summed E-state index contributed by atoms with van der Waals surface area (Å²) in [7, 11) is 0. The Balaban J connectivity index is 1.93. The van der Waals surface area contributed by atoms with Gasteiger partial charge in [-0.3, -0.25) is 4.79 Å². The van der Waals surface area contributed by atoms with E-state index in [0.29, 0.717) is 21.7 Å². The van der Waals surface area contributed by atoms with Crippen LogP contribution in [0.3, 0.4) is 0 Å². The number of aryl methyl sites for hydroxylation is 1. The quantitative estimate of drug-likeness (QED) is 0.240. The first-order valence-corrected chi connectivity index (χ1v) is 10.0. The molecular formula is C18H18N2O4S2. The number of ether oxygens (including phenoxy) is 1. The Morgan fingerprint density at radius 3 is 2.85 bits per heavy atom. The minimum absolute atomic E-state index is 0.173. The van der Waals surface area contributed by atoms with Crippen molar-refractivity contribution in [3.05, 3.63) is 50.4 Å². The van der Waals surface area contributed by atoms with Crippen LogP contribution in [0.1, 0.15) is 50.2 Å². The standard InChI is InChI=1S/C18H18N2O4S2/c1-2-24-18(23)15-11-6-3-4-7-13(11)26-17(15)20-19-12(10-21)16(22)14-8-5-9-25-14/h5,8-10,21H,2-4,6-7H2,1H3/b12-10+,20-19?. The van der Waals surface area contributed by atoms with Crippen molar-refractivity contribution in [2.45, 2.75) is 32.6 Å². The number of esters is 1. The third-order valence-electron chi connectivity index (χ3n) is 3.98. The number of aliphatic hydroxyl groups excluding tert-OH is 1. The average Bonchev–Trinajstić information content (AvgIpc) is 3.30. The molecule has 0 aromatic carbocycles. The minimum atomic E-state index is -0.417. The maximum absolute atomic E-state index is 12.4. The van der Waals surface area contributed by atoms with Gasteiger partial charge in [0.1, 0.15) is 11.8 Å². The molecule has 1 N–H and O–H groups in total. The van der Waals surface area contributed by atoms with Gasteiger partial charge in [-0.05, 0) is 49.6 Å². The number of ketones is 1. The van der Waals surface area contributed by atoms with Gasteiger partial charge in [-0.2, -0.15) is 0 Å². The van der Waals surface area contributed by atoms with Gasteiger partial charge in [-0.15, -0.1) is 32.9 Å². The van der Waals surface area contributed by atoms with Crippen LogP contribution in [0.5, 0.6) is 0 Å². The first-order chi connectivity index (χ1) is 12.7. The number of allylic oxidation sites excluding steroid dienone is 1. The second kappa shape index (κ2) is 8.37. The lowest BCUT2D eigenvalue weighted by molar-refractivity contribution is 0.0526. The van der Waals surface area contributed by atoms with Crippen LogP contribution in [0.2, 0.25) is 0 Å². The van der Waals surface area contributed by atoms with Crippen LogP contribution in [-0.2, 0) is 17.6 Å². The normalized spacial score (nSPS) is 14.4. The van der Waals surface area contributed by atoms with E-state index in [1.54, 1.807) is 24.4 Å². The van der Waals surface area contributed by atoms with Crippen molar-refractivity contribution in [2.24, 2.45) is 10.2 Å². The van der Waals surface area contributed by atoms with Gasteiger partial charge in [0.25, 0.3) is 0 Å². The predicted molar refractivity (Wildman–Crippen MR) is 101 cm³/mol. The number of aliphatic hydroxyl groups is 1. The number of thiophene rings is 2. The molecule has 8 heteroatoms. The molecule has 26 heavy (non-hydrogen) atoms. The fourth-order valence-electron chi connectivity index (χ4n) is 2.80. The summed E-state index contributed by atoms with van der Waals surface area (Å²) in [5, 5.41) is 19.6. The van der Waals surface area contributed by atoms with E-state index in [0.717, 1.165) is 36.1 Å². The molecule has 0 atom stereocenters. The Hall–Kier alpha value is -2.32. The molecule has 2 aromatic rings. The summed E-state index contributed by atoms with van der Waals surface area (Å²) < 4.78 is 5.17. The van der Waals surface area contributed by atoms with Crippen LogP contribution < -0.4 is 0 Å². The summed E-state index contributed by atoms with van der Waals surface area (Å²) >= 11 is 2.66. The molecule has 0 spiro atoms. The highest BCUT2D eigenvalue weighted by molar-refractivity contribution is 7.16. The Labute approximate surface area is 158 Å². The Morgan fingerprint density at radius 1 is 1.35 bits per heavy atom. The van der Waals surface area contributed by atoms with Gasteiger partial charge in [0.2, 0.25) is 5.78 Å². The van der Waals surface area contributed by atoms with Crippen molar-refractivity contribution in [1.29, 1.82) is 0 Å². The molecule has 1 aliphatic carbocycles. The fourth-order valence-corrected chi connectivity index (χ4v) is 4.67. The molecule has 6 nitrogen and oxygen atoms in total. The van der Waals surface area contributed by atoms with E-state index in [1.807, 2.05) is 0 Å². The Morgan fingerprint density at radius 2 is 2.15 bits per heavy atom. The molecule has 0 saturated heterocycles. The third kappa shape index (κ3) is 3.76. The van der Waals surface area contributed by atoms with E-state index in [1.165, 1.54) is 22.7 Å². The van der Waals surface area contributed by atoms with Crippen molar-refractivity contribution in [3.63, 3.8) is 0 Å². The SMILES string of the molecule is CCOC(=O)c1c(N=N/C(=C/O)C(=O)c2cccs2)sc2c1CCCC2. The van der Waals surface area contributed by atoms with Crippen LogP contribution in [0, 0.1) is 0 Å². The minimum Gasteiger partial charge on any atom is -0.513 e. The number of azo groups is 1. The van der Waals surface area contributed by atoms with Crippen LogP contribution in [0.4, 0.5) is 5.00 Å². The molecule has 136 valence electrons. The summed E-state index contributed by atoms with van der Waals surface area (Å²) in [4.78, 5) is 26.3. The maximum Gasteiger partial charge on any atom is 0.341 e. The lowest BCUT2D eigenvalue weighted by atomic mass is 9.95. The van der Waals surface area contributed by atoms with Gasteiger partial charge >= 0.3 is 5.97 Å². The third-order valence-corrected chi connectivity index (χ3v) is 6.03. The number of fused-ring (bicyclic) bond motifs is 1. The predicted octanol–water partition coefficient (Wildman–Crippen LogP) is 5.23. The van der Waals surface area contributed by atoms with E-state index in [9.17, 15) is 14.7 Å². The Bertz CT molecular complexity index is 866. The molecule has 0 bridgehead atoms. The van der Waals surface area contributed by atoms with Gasteiger partial charge in [0, 0.05) is 4.88 Å². The number of hydrogen-bond donors (Lipinski definition) is 1. The largest absolute Gasteiger partial charge is 0.513 e. The lowest BCUT2D eigenvalue weighted by Gasteiger charge is -2.11. The summed E-state index contributed by atoms with van der Waals surface area (Å²) in [6.07, 6.45) is 4.45. The molecule has 0 saturated carbocycles. The lowest BCUT2D eigenvalue weighted by Crippen LogP contribution is -2.09. The summed E-state index contributed by atoms with van der Waals surface area (Å²) in [5.74, 6) is -0.829. The maximum atomic E-state index is 12.4. The topological polar surface area (TPSA) is 88.3 Å². The monoisotopic (exact) mass is 390 g/mol. The smallest absolute Gasteiger partial charge is 0.341 e. The van der Waals surface area contributed by atoms with Gasteiger partial charge in [0.15, 0.2) is 10.7 Å². The molecule has 0 unspecified atom stereocenters. The number of nitrogens with zero attached hydrogens (tertiary/aromatic N) is 2. The highest BCUT2D eigenvalue weighted by atomic mass is 32.1. The van der Waals surface area contributed by atoms with Crippen LogP contribution >= 0.6 is 22.7 Å². The number of carbonyl (C=O) groups excluding carboxylic acids is 2. The zero-order valence-electron chi connectivity index (χ0n) is 14.2. The van der Waals surface area contributed by atoms with Crippen LogP contribution in [-0.4, -0.2) is 23.5 Å². The van der Waals surface area contributed by atoms with Crippen molar-refractivity contribution >= 4 is 39.4 Å². The van der Waals surface area contributed by atoms with E-state index in [2.05, 4.69) is 10.2 Å². The van der Waals surface area contributed by atoms with Crippen molar-refractivity contribution < 1.29 is 19.4 Å². The van der Waals surface area contributed by atoms with Gasteiger partial charge in [0.05, 0.1) is 11.5 Å². The summed E-state index contributed by atoms with van der Waals surface area (Å²) in [6.45, 7) is 2.03. The highest BCUT2D eigenvalue weighted by Gasteiger charge is 2.26. The average molecular weight is 390 g/mol. The summed E-state index contributed by atoms with van der Waals surface area (Å²) in [6, 6.07) is 3.40. The van der Waals surface area contributed by atoms with E-state index in [4.69, 9.17) is 4.74 Å². The zero-order chi connectivity index (χ0) is 18.5. The summed E-state index contributed by atoms with van der Waals surface area (Å²) in [5.41, 5.74) is 1.25. The first-order valence-electron chi connectivity index (χ1n) is 8.31. The van der Waals surface area contributed by atoms with Gasteiger partial charge in [-0.1, -0.05) is 6.07 Å². The highest BCUT2D eigenvalue weighted by Crippen LogP contribution is 2.40. The molecule has 1 aliphatic rings. The van der Waals surface area contributed by atoms with Gasteiger partial charge < -0.3 is 9.84 Å². The van der Waals surface area contributed by atoms with Crippen molar-refractivity contribution in [2.75, 3.05) is 6.61 Å². The second-order valence-electron chi connectivity index (χ2n) is 5.63. The molecule has 2 aromatic heterocycles. The molecule has 3 rings (SSSR count). The van der Waals surface area contributed by atoms with Crippen LogP contribution in [0.15, 0.2) is 39.7 Å². The fraction of sp³-hybridized carbons (Fsp3) is 0.333. The number of rotatable bonds is 6. The van der Waals surface area contributed by atoms with E-state index >= 15 is 0 Å². The van der Waals surface area contributed by atoms with Crippen LogP contribution in [0.25, 0.3) is 0 Å². The number of Topliss-reactive ketones (excluding diaryl/α,β-unsaturated/α-hetero) is 1. The Kier molecular flexibility index (Phi) is 5.95. The molecule has 0 amide bonds. The van der Waals surface area contributed by atoms with Crippen molar-refractivity contribution in [1.82, 2.24) is 0 Å². The molecular weight excluding hydrogens is 372 g/mol. The molecule has 0 fully saturated rings. The van der Waals surface area contributed by atoms with Gasteiger partial charge in [-0.25, -0.2) is 4.79 Å². The first kappa shape index (κ1) is 18.5. The van der Waals surface area contributed by atoms with E-state index < -0.39 is 11.8 Å². The second-order valence-corrected chi connectivity index (χ2v) is 7.66. The number of hydrogen-bond acceptors (Lipinski definition) is 8. The molecule has 2 heterocycles. The zero-order valence-corrected chi connectivity index (χ0v) is 15.9. The van der Waals surface area contributed by atoms with E-state index in [-0.39, 0.29) is 12.3 Å². The number of carbonyl (C=O) groups is 2. The molecule has 0 aliphatic heterocycles.